The molecule has 0 aliphatic carbocycles. The van der Waals surface area contributed by atoms with E-state index >= 15 is 0 Å². The van der Waals surface area contributed by atoms with Gasteiger partial charge in [0.2, 0.25) is 0 Å². The zero-order valence-corrected chi connectivity index (χ0v) is 17.9. The predicted octanol–water partition coefficient (Wildman–Crippen LogP) is 5.05. The summed E-state index contributed by atoms with van der Waals surface area (Å²) in [4.78, 5) is 27.5. The van der Waals surface area contributed by atoms with Crippen LogP contribution in [-0.4, -0.2) is 40.0 Å². The van der Waals surface area contributed by atoms with E-state index in [2.05, 4.69) is 13.8 Å². The van der Waals surface area contributed by atoms with E-state index in [9.17, 15) is 9.59 Å². The molecule has 0 saturated carbocycles. The maximum Gasteiger partial charge on any atom is 0.330 e. The van der Waals surface area contributed by atoms with Gasteiger partial charge in [-0.15, -0.1) is 11.8 Å². The van der Waals surface area contributed by atoms with Crippen molar-refractivity contribution in [2.24, 2.45) is 0 Å². The van der Waals surface area contributed by atoms with Gasteiger partial charge in [-0.05, 0) is 50.8 Å². The first-order valence-corrected chi connectivity index (χ1v) is 11.3. The number of rotatable bonds is 9. The molecule has 1 aliphatic rings. The molecule has 27 heavy (non-hydrogen) atoms. The van der Waals surface area contributed by atoms with Crippen molar-refractivity contribution in [2.75, 3.05) is 5.75 Å². The summed E-state index contributed by atoms with van der Waals surface area (Å²) in [6.45, 7) is 7.98. The lowest BCUT2D eigenvalue weighted by Crippen LogP contribution is -2.46. The lowest BCUT2D eigenvalue weighted by molar-refractivity contribution is -0.151. The molecule has 0 bridgehead atoms. The first-order chi connectivity index (χ1) is 13.0. The molecule has 0 aromatic heterocycles. The third-order valence-corrected chi connectivity index (χ3v) is 6.11. The fourth-order valence-electron chi connectivity index (χ4n) is 3.34. The Hall–Kier alpha value is -1.49. The van der Waals surface area contributed by atoms with Crippen molar-refractivity contribution in [2.45, 2.75) is 83.7 Å². The van der Waals surface area contributed by atoms with Crippen LogP contribution in [0.25, 0.3) is 0 Å². The summed E-state index contributed by atoms with van der Waals surface area (Å²) >= 11 is 1.68. The maximum absolute atomic E-state index is 13.2. The molecular weight excluding hydrogens is 358 g/mol. The Morgan fingerprint density at radius 2 is 1.85 bits per heavy atom. The Labute approximate surface area is 168 Å². The molecule has 1 heterocycles. The van der Waals surface area contributed by atoms with Gasteiger partial charge in [0, 0.05) is 11.3 Å². The molecule has 0 radical (unpaired) electrons. The van der Waals surface area contributed by atoms with Crippen LogP contribution in [0.1, 0.15) is 75.7 Å². The molecule has 150 valence electrons. The van der Waals surface area contributed by atoms with Crippen LogP contribution in [0.5, 0.6) is 0 Å². The second-order valence-electron chi connectivity index (χ2n) is 7.44. The minimum atomic E-state index is -0.495. The highest BCUT2D eigenvalue weighted by Crippen LogP contribution is 2.34. The molecule has 2 rings (SSSR count). The number of thioether (sulfide) groups is 1. The summed E-state index contributed by atoms with van der Waals surface area (Å²) in [6, 6.07) is 7.40. The van der Waals surface area contributed by atoms with Crippen molar-refractivity contribution in [1.29, 1.82) is 0 Å². The summed E-state index contributed by atoms with van der Waals surface area (Å²) in [7, 11) is 0. The minimum Gasteiger partial charge on any atom is -0.461 e. The summed E-state index contributed by atoms with van der Waals surface area (Å²) < 4.78 is 5.40. The van der Waals surface area contributed by atoms with Gasteiger partial charge in [-0.3, -0.25) is 4.79 Å². The number of carbonyl (C=O) groups is 2. The molecule has 0 spiro atoms. The quantitative estimate of drug-likeness (QED) is 0.436. The second kappa shape index (κ2) is 10.7. The molecule has 0 N–H and O–H groups in total. The zero-order valence-electron chi connectivity index (χ0n) is 17.1. The van der Waals surface area contributed by atoms with Gasteiger partial charge in [-0.1, -0.05) is 45.2 Å². The number of benzene rings is 1. The largest absolute Gasteiger partial charge is 0.461 e. The van der Waals surface area contributed by atoms with Crippen molar-refractivity contribution in [1.82, 2.24) is 4.90 Å². The number of nitrogens with zero attached hydrogens (tertiary/aromatic N) is 1. The fourth-order valence-corrected chi connectivity index (χ4v) is 4.85. The van der Waals surface area contributed by atoms with Gasteiger partial charge in [-0.25, -0.2) is 4.79 Å². The van der Waals surface area contributed by atoms with Crippen LogP contribution in [0.4, 0.5) is 0 Å². The van der Waals surface area contributed by atoms with Gasteiger partial charge in [0.05, 0.1) is 11.5 Å². The molecule has 2 atom stereocenters. The van der Waals surface area contributed by atoms with E-state index in [0.29, 0.717) is 11.3 Å². The van der Waals surface area contributed by atoms with E-state index in [4.69, 9.17) is 4.74 Å². The van der Waals surface area contributed by atoms with Crippen LogP contribution in [-0.2, 0) is 16.0 Å². The highest BCUT2D eigenvalue weighted by atomic mass is 32.2. The number of amides is 1. The molecule has 4 nitrogen and oxygen atoms in total. The average Bonchev–Trinajstić information content (AvgIpc) is 3.05. The van der Waals surface area contributed by atoms with Gasteiger partial charge in [0.1, 0.15) is 6.04 Å². The first kappa shape index (κ1) is 21.8. The Kier molecular flexibility index (Phi) is 8.68. The number of unbranched alkanes of at least 4 members (excludes halogenated alkanes) is 2. The van der Waals surface area contributed by atoms with Gasteiger partial charge in [0.15, 0.2) is 0 Å². The normalized spacial score (nSPS) is 19.5. The number of hydrogen-bond donors (Lipinski definition) is 0. The molecule has 1 amide bonds. The van der Waals surface area contributed by atoms with E-state index in [0.717, 1.165) is 19.3 Å². The van der Waals surface area contributed by atoms with Crippen LogP contribution in [0.2, 0.25) is 0 Å². The predicted molar refractivity (Wildman–Crippen MR) is 112 cm³/mol. The lowest BCUT2D eigenvalue weighted by atomic mass is 10.0. The topological polar surface area (TPSA) is 46.6 Å². The molecule has 1 aromatic carbocycles. The van der Waals surface area contributed by atoms with Gasteiger partial charge in [0.25, 0.3) is 5.91 Å². The number of aryl methyl sites for hydroxylation is 1. The Morgan fingerprint density at radius 3 is 2.44 bits per heavy atom. The zero-order chi connectivity index (χ0) is 19.8. The number of esters is 1. The monoisotopic (exact) mass is 391 g/mol. The summed E-state index contributed by atoms with van der Waals surface area (Å²) in [5, 5.41) is 0.0384. The Balaban J connectivity index is 2.14. The molecule has 1 aliphatic heterocycles. The first-order valence-electron chi connectivity index (χ1n) is 10.2. The molecule has 1 fully saturated rings. The van der Waals surface area contributed by atoms with Gasteiger partial charge < -0.3 is 9.64 Å². The highest BCUT2D eigenvalue weighted by molar-refractivity contribution is 8.00. The van der Waals surface area contributed by atoms with Crippen LogP contribution < -0.4 is 0 Å². The molecule has 0 unspecified atom stereocenters. The summed E-state index contributed by atoms with van der Waals surface area (Å²) in [5.74, 6) is 0.252. The van der Waals surface area contributed by atoms with Crippen molar-refractivity contribution in [3.05, 3.63) is 35.4 Å². The number of ether oxygens (including phenoxy) is 1. The number of hydrogen-bond acceptors (Lipinski definition) is 4. The lowest BCUT2D eigenvalue weighted by Gasteiger charge is -2.28. The number of carbonyl (C=O) groups excluding carboxylic acids is 2. The van der Waals surface area contributed by atoms with Crippen molar-refractivity contribution in [3.8, 4) is 0 Å². The van der Waals surface area contributed by atoms with Gasteiger partial charge in [-0.2, -0.15) is 0 Å². The van der Waals surface area contributed by atoms with Crippen LogP contribution in [0, 0.1) is 0 Å². The molecular formula is C22H33NO3S. The van der Waals surface area contributed by atoms with Crippen molar-refractivity contribution in [3.63, 3.8) is 0 Å². The molecule has 5 heteroatoms. The van der Waals surface area contributed by atoms with E-state index in [1.807, 2.05) is 38.1 Å². The fraction of sp³-hybridized carbons (Fsp3) is 0.636. The summed E-state index contributed by atoms with van der Waals surface area (Å²) in [5.41, 5.74) is 1.91. The third kappa shape index (κ3) is 6.00. The minimum absolute atomic E-state index is 0.0384. The van der Waals surface area contributed by atoms with E-state index in [1.54, 1.807) is 16.7 Å². The van der Waals surface area contributed by atoms with Crippen molar-refractivity contribution < 1.29 is 14.3 Å². The van der Waals surface area contributed by atoms with E-state index < -0.39 is 6.04 Å². The SMILES string of the molecule is CCCCCc1ccc(C(=O)N2[C@@H](C(=O)OC(C)C)CS[C@@H]2CCC)cc1. The molecule has 1 aromatic rings. The average molecular weight is 392 g/mol. The van der Waals surface area contributed by atoms with Crippen LogP contribution in [0.3, 0.4) is 0 Å². The second-order valence-corrected chi connectivity index (χ2v) is 8.66. The van der Waals surface area contributed by atoms with E-state index in [1.165, 1.54) is 24.8 Å². The van der Waals surface area contributed by atoms with Crippen LogP contribution in [0.15, 0.2) is 24.3 Å². The Bertz CT molecular complexity index is 614. The van der Waals surface area contributed by atoms with E-state index in [-0.39, 0.29) is 23.4 Å². The summed E-state index contributed by atoms with van der Waals surface area (Å²) in [6.07, 6.45) is 6.34. The highest BCUT2D eigenvalue weighted by Gasteiger charge is 2.42. The third-order valence-electron chi connectivity index (χ3n) is 4.76. The Morgan fingerprint density at radius 1 is 1.15 bits per heavy atom. The van der Waals surface area contributed by atoms with Crippen LogP contribution >= 0.6 is 11.8 Å². The standard InChI is InChI=1S/C22H33NO3S/c1-5-7-8-10-17-11-13-18(14-12-17)21(24)23-19(22(25)26-16(3)4)15-27-20(23)9-6-2/h11-14,16,19-20H,5-10,15H2,1-4H3/t19-,20-/m1/s1. The smallest absolute Gasteiger partial charge is 0.330 e. The van der Waals surface area contributed by atoms with Crippen molar-refractivity contribution >= 4 is 23.6 Å². The van der Waals surface area contributed by atoms with Gasteiger partial charge >= 0.3 is 5.97 Å². The maximum atomic E-state index is 13.2. The molecule has 1 saturated heterocycles.